The van der Waals surface area contributed by atoms with Crippen molar-refractivity contribution in [3.05, 3.63) is 0 Å². The standard InChI is InChI=1S/C13H26N2OS/c1-6-13(7-2,8-3)15-12(16)10(9(4)5)11(14)17/h9-10H,6-8H2,1-5H3,(H2,14,17)(H,15,16). The van der Waals surface area contributed by atoms with Gasteiger partial charge in [0.05, 0.1) is 10.9 Å². The number of rotatable bonds is 7. The van der Waals surface area contributed by atoms with E-state index in [4.69, 9.17) is 18.0 Å². The van der Waals surface area contributed by atoms with Crippen LogP contribution in [0.1, 0.15) is 53.9 Å². The quantitative estimate of drug-likeness (QED) is 0.690. The molecule has 1 amide bonds. The molecule has 0 aliphatic rings. The lowest BCUT2D eigenvalue weighted by Crippen LogP contribution is -2.52. The minimum absolute atomic E-state index is 0.0296. The summed E-state index contributed by atoms with van der Waals surface area (Å²) in [7, 11) is 0. The number of carbonyl (C=O) groups is 1. The number of nitrogens with two attached hydrogens (primary N) is 1. The lowest BCUT2D eigenvalue weighted by molar-refractivity contribution is -0.126. The molecule has 3 nitrogen and oxygen atoms in total. The molecule has 100 valence electrons. The molecule has 1 unspecified atom stereocenters. The van der Waals surface area contributed by atoms with Crippen molar-refractivity contribution in [2.24, 2.45) is 17.6 Å². The first-order valence-corrected chi connectivity index (χ1v) is 6.85. The number of thiocarbonyl (C=S) groups is 1. The van der Waals surface area contributed by atoms with Crippen LogP contribution >= 0.6 is 12.2 Å². The Morgan fingerprint density at radius 1 is 1.24 bits per heavy atom. The molecule has 0 bridgehead atoms. The highest BCUT2D eigenvalue weighted by Crippen LogP contribution is 2.21. The summed E-state index contributed by atoms with van der Waals surface area (Å²) in [4.78, 5) is 12.5. The molecule has 0 rings (SSSR count). The van der Waals surface area contributed by atoms with Crippen LogP contribution in [0.3, 0.4) is 0 Å². The largest absolute Gasteiger partial charge is 0.393 e. The van der Waals surface area contributed by atoms with Gasteiger partial charge in [0, 0.05) is 5.54 Å². The molecule has 0 aromatic carbocycles. The zero-order chi connectivity index (χ0) is 13.6. The highest BCUT2D eigenvalue weighted by Gasteiger charge is 2.32. The molecular weight excluding hydrogens is 232 g/mol. The molecule has 0 radical (unpaired) electrons. The molecule has 0 saturated heterocycles. The van der Waals surface area contributed by atoms with Crippen LogP contribution < -0.4 is 11.1 Å². The van der Waals surface area contributed by atoms with Gasteiger partial charge in [-0.15, -0.1) is 0 Å². The highest BCUT2D eigenvalue weighted by atomic mass is 32.1. The monoisotopic (exact) mass is 258 g/mol. The number of nitrogens with one attached hydrogen (secondary N) is 1. The Morgan fingerprint density at radius 2 is 1.65 bits per heavy atom. The fraction of sp³-hybridized carbons (Fsp3) is 0.846. The van der Waals surface area contributed by atoms with E-state index in [1.807, 2.05) is 13.8 Å². The van der Waals surface area contributed by atoms with Gasteiger partial charge in [-0.3, -0.25) is 4.79 Å². The third-order valence-electron chi connectivity index (χ3n) is 3.67. The van der Waals surface area contributed by atoms with Crippen molar-refractivity contribution in [2.75, 3.05) is 0 Å². The molecule has 0 spiro atoms. The smallest absolute Gasteiger partial charge is 0.230 e. The molecule has 1 atom stereocenters. The third kappa shape index (κ3) is 4.26. The van der Waals surface area contributed by atoms with Gasteiger partial charge < -0.3 is 11.1 Å². The topological polar surface area (TPSA) is 55.1 Å². The summed E-state index contributed by atoms with van der Waals surface area (Å²) >= 11 is 4.98. The Hall–Kier alpha value is -0.640. The molecular formula is C13H26N2OS. The first-order valence-electron chi connectivity index (χ1n) is 6.44. The predicted octanol–water partition coefficient (Wildman–Crippen LogP) is 2.63. The van der Waals surface area contributed by atoms with Crippen molar-refractivity contribution in [1.82, 2.24) is 5.32 Å². The maximum Gasteiger partial charge on any atom is 0.230 e. The van der Waals surface area contributed by atoms with Crippen LogP contribution in [0.2, 0.25) is 0 Å². The van der Waals surface area contributed by atoms with Crippen molar-refractivity contribution in [1.29, 1.82) is 0 Å². The lowest BCUT2D eigenvalue weighted by Gasteiger charge is -2.34. The van der Waals surface area contributed by atoms with Crippen molar-refractivity contribution in [2.45, 2.75) is 59.4 Å². The van der Waals surface area contributed by atoms with E-state index >= 15 is 0 Å². The first kappa shape index (κ1) is 16.4. The zero-order valence-corrected chi connectivity index (χ0v) is 12.5. The Kier molecular flexibility index (Phi) is 6.68. The molecule has 0 fully saturated rings. The van der Waals surface area contributed by atoms with Gasteiger partial charge >= 0.3 is 0 Å². The van der Waals surface area contributed by atoms with Crippen molar-refractivity contribution < 1.29 is 4.79 Å². The zero-order valence-electron chi connectivity index (χ0n) is 11.7. The molecule has 0 aromatic heterocycles. The summed E-state index contributed by atoms with van der Waals surface area (Å²) in [5, 5.41) is 3.14. The average Bonchev–Trinajstić information content (AvgIpc) is 2.25. The number of carbonyl (C=O) groups excluding carboxylic acids is 1. The summed E-state index contributed by atoms with van der Waals surface area (Å²) in [6.45, 7) is 10.2. The first-order chi connectivity index (χ1) is 7.83. The molecule has 0 aromatic rings. The van der Waals surface area contributed by atoms with E-state index in [0.29, 0.717) is 0 Å². The normalized spacial score (nSPS) is 13.5. The van der Waals surface area contributed by atoms with Gasteiger partial charge in [-0.2, -0.15) is 0 Å². The second kappa shape index (κ2) is 6.94. The molecule has 0 saturated carbocycles. The summed E-state index contributed by atoms with van der Waals surface area (Å²) in [5.41, 5.74) is 5.54. The molecule has 17 heavy (non-hydrogen) atoms. The van der Waals surface area contributed by atoms with Gasteiger partial charge in [-0.05, 0) is 25.2 Å². The van der Waals surface area contributed by atoms with Crippen LogP contribution in [0.5, 0.6) is 0 Å². The number of amides is 1. The molecule has 0 aliphatic heterocycles. The number of hydrogen-bond acceptors (Lipinski definition) is 2. The van der Waals surface area contributed by atoms with Crippen molar-refractivity contribution >= 4 is 23.1 Å². The van der Waals surface area contributed by atoms with Gasteiger partial charge in [0.2, 0.25) is 5.91 Å². The fourth-order valence-electron chi connectivity index (χ4n) is 2.11. The van der Waals surface area contributed by atoms with Gasteiger partial charge in [-0.25, -0.2) is 0 Å². The summed E-state index contributed by atoms with van der Waals surface area (Å²) < 4.78 is 0. The SMILES string of the molecule is CCC(CC)(CC)NC(=O)C(C(N)=S)C(C)C. The van der Waals surface area contributed by atoms with E-state index in [2.05, 4.69) is 26.1 Å². The predicted molar refractivity (Wildman–Crippen MR) is 76.9 cm³/mol. The van der Waals surface area contributed by atoms with Gasteiger partial charge in [0.1, 0.15) is 0 Å². The average molecular weight is 258 g/mol. The van der Waals surface area contributed by atoms with E-state index in [0.717, 1.165) is 19.3 Å². The van der Waals surface area contributed by atoms with E-state index in [1.54, 1.807) is 0 Å². The highest BCUT2D eigenvalue weighted by molar-refractivity contribution is 7.80. The van der Waals surface area contributed by atoms with Crippen molar-refractivity contribution in [3.8, 4) is 0 Å². The van der Waals surface area contributed by atoms with E-state index in [-0.39, 0.29) is 28.3 Å². The van der Waals surface area contributed by atoms with E-state index in [9.17, 15) is 4.79 Å². The van der Waals surface area contributed by atoms with Crippen LogP contribution in [-0.4, -0.2) is 16.4 Å². The second-order valence-corrected chi connectivity index (χ2v) is 5.43. The van der Waals surface area contributed by atoms with E-state index < -0.39 is 0 Å². The number of hydrogen-bond donors (Lipinski definition) is 2. The van der Waals surface area contributed by atoms with Gasteiger partial charge in [-0.1, -0.05) is 46.8 Å². The summed E-state index contributed by atoms with van der Waals surface area (Å²) in [6.07, 6.45) is 2.77. The summed E-state index contributed by atoms with van der Waals surface area (Å²) in [6, 6.07) is 0. The van der Waals surface area contributed by atoms with E-state index in [1.165, 1.54) is 0 Å². The third-order valence-corrected chi connectivity index (χ3v) is 3.93. The van der Waals surface area contributed by atoms with Crippen LogP contribution in [0.25, 0.3) is 0 Å². The summed E-state index contributed by atoms with van der Waals surface area (Å²) in [5.74, 6) is -0.261. The fourth-order valence-corrected chi connectivity index (χ4v) is 2.49. The molecule has 4 heteroatoms. The Balaban J connectivity index is 4.86. The Labute approximate surface area is 111 Å². The molecule has 0 heterocycles. The van der Waals surface area contributed by atoms with Crippen LogP contribution in [0.15, 0.2) is 0 Å². The van der Waals surface area contributed by atoms with Gasteiger partial charge in [0.25, 0.3) is 0 Å². The van der Waals surface area contributed by atoms with Crippen LogP contribution in [0.4, 0.5) is 0 Å². The van der Waals surface area contributed by atoms with Crippen LogP contribution in [-0.2, 0) is 4.79 Å². The molecule has 0 aliphatic carbocycles. The van der Waals surface area contributed by atoms with Gasteiger partial charge in [0.15, 0.2) is 0 Å². The molecule has 3 N–H and O–H groups in total. The lowest BCUT2D eigenvalue weighted by atomic mass is 9.87. The minimum atomic E-state index is -0.367. The second-order valence-electron chi connectivity index (χ2n) is 4.95. The maximum absolute atomic E-state index is 12.2. The minimum Gasteiger partial charge on any atom is -0.393 e. The Bertz CT molecular complexity index is 264. The van der Waals surface area contributed by atoms with Crippen LogP contribution in [0, 0.1) is 11.8 Å². The Morgan fingerprint density at radius 3 is 1.88 bits per heavy atom. The maximum atomic E-state index is 12.2. The van der Waals surface area contributed by atoms with Crippen molar-refractivity contribution in [3.63, 3.8) is 0 Å².